The molecule has 0 aliphatic carbocycles. The number of aliphatic carboxylic acids is 1. The number of nitrogens with one attached hydrogen (secondary N) is 1. The zero-order valence-electron chi connectivity index (χ0n) is 15.1. The van der Waals surface area contributed by atoms with Crippen molar-refractivity contribution in [1.29, 1.82) is 0 Å². The van der Waals surface area contributed by atoms with Gasteiger partial charge in [-0.05, 0) is 33.1 Å². The van der Waals surface area contributed by atoms with Crippen LogP contribution < -0.4 is 5.32 Å². The Morgan fingerprint density at radius 1 is 1.44 bits per heavy atom. The fraction of sp³-hybridized carbons (Fsp3) is 0.750. The molecule has 1 aliphatic rings. The fourth-order valence-corrected chi connectivity index (χ4v) is 2.78. The van der Waals surface area contributed by atoms with Crippen molar-refractivity contribution in [2.45, 2.75) is 52.9 Å². The highest BCUT2D eigenvalue weighted by atomic mass is 16.5. The number of rotatable bonds is 6. The monoisotopic (exact) mass is 354 g/mol. The van der Waals surface area contributed by atoms with Crippen molar-refractivity contribution in [1.82, 2.24) is 20.4 Å². The molecule has 25 heavy (non-hydrogen) atoms. The Morgan fingerprint density at radius 3 is 2.76 bits per heavy atom. The first-order chi connectivity index (χ1) is 11.8. The molecule has 1 saturated heterocycles. The molecule has 0 saturated carbocycles. The van der Waals surface area contributed by atoms with Crippen LogP contribution in [-0.4, -0.2) is 51.3 Å². The van der Waals surface area contributed by atoms with Gasteiger partial charge in [0.1, 0.15) is 6.61 Å². The molecule has 2 N–H and O–H groups in total. The van der Waals surface area contributed by atoms with E-state index in [2.05, 4.69) is 15.5 Å². The van der Waals surface area contributed by atoms with Gasteiger partial charge in [0.05, 0.1) is 18.1 Å². The predicted molar refractivity (Wildman–Crippen MR) is 87.6 cm³/mol. The molecule has 0 aromatic carbocycles. The van der Waals surface area contributed by atoms with E-state index in [4.69, 9.17) is 14.4 Å². The molecule has 1 fully saturated rings. The van der Waals surface area contributed by atoms with Crippen molar-refractivity contribution >= 4 is 12.0 Å². The van der Waals surface area contributed by atoms with E-state index in [-0.39, 0.29) is 24.7 Å². The van der Waals surface area contributed by atoms with Crippen molar-refractivity contribution < 1.29 is 24.0 Å². The summed E-state index contributed by atoms with van der Waals surface area (Å²) in [5.74, 6) is -0.548. The van der Waals surface area contributed by atoms with E-state index in [0.29, 0.717) is 31.2 Å². The van der Waals surface area contributed by atoms with Crippen molar-refractivity contribution in [3.8, 4) is 0 Å². The Bertz CT molecular complexity index is 603. The van der Waals surface area contributed by atoms with Crippen molar-refractivity contribution in [2.75, 3.05) is 13.1 Å². The SMILES string of the molecule is CC(C)OCc1nc(C(C)NC(=O)N2CCC(C(=O)O)C(C)C2)no1. The molecular weight excluding hydrogens is 328 g/mol. The second-order valence-corrected chi connectivity index (χ2v) is 6.73. The molecule has 0 spiro atoms. The predicted octanol–water partition coefficient (Wildman–Crippen LogP) is 1.81. The van der Waals surface area contributed by atoms with Gasteiger partial charge in [-0.3, -0.25) is 4.79 Å². The zero-order chi connectivity index (χ0) is 18.6. The van der Waals surface area contributed by atoms with E-state index in [1.165, 1.54) is 0 Å². The van der Waals surface area contributed by atoms with Gasteiger partial charge in [-0.25, -0.2) is 4.79 Å². The van der Waals surface area contributed by atoms with Crippen molar-refractivity contribution in [3.05, 3.63) is 11.7 Å². The molecule has 0 bridgehead atoms. The first kappa shape index (κ1) is 19.2. The molecular formula is C16H26N4O5. The molecule has 2 heterocycles. The Labute approximate surface area is 146 Å². The molecule has 9 heteroatoms. The van der Waals surface area contributed by atoms with Gasteiger partial charge in [0.25, 0.3) is 5.89 Å². The summed E-state index contributed by atoms with van der Waals surface area (Å²) in [5, 5.41) is 15.8. The van der Waals surface area contributed by atoms with E-state index in [1.807, 2.05) is 20.8 Å². The smallest absolute Gasteiger partial charge is 0.317 e. The summed E-state index contributed by atoms with van der Waals surface area (Å²) in [7, 11) is 0. The minimum atomic E-state index is -0.802. The zero-order valence-corrected chi connectivity index (χ0v) is 15.1. The lowest BCUT2D eigenvalue weighted by molar-refractivity contribution is -0.145. The lowest BCUT2D eigenvalue weighted by Gasteiger charge is -2.35. The first-order valence-electron chi connectivity index (χ1n) is 8.50. The standard InChI is InChI=1S/C16H26N4O5/c1-9(2)24-8-13-18-14(19-25-13)11(4)17-16(23)20-6-5-12(15(21)22)10(3)7-20/h9-12H,5-8H2,1-4H3,(H,17,23)(H,21,22). The van der Waals surface area contributed by atoms with Crippen LogP contribution in [0.5, 0.6) is 0 Å². The number of hydrogen-bond donors (Lipinski definition) is 2. The lowest BCUT2D eigenvalue weighted by atomic mass is 9.87. The number of ether oxygens (including phenoxy) is 1. The van der Waals surface area contributed by atoms with Gasteiger partial charge in [0.15, 0.2) is 5.82 Å². The number of carboxylic acid groups (broad SMARTS) is 1. The molecule has 3 atom stereocenters. The van der Waals surface area contributed by atoms with Gasteiger partial charge in [-0.1, -0.05) is 12.1 Å². The highest BCUT2D eigenvalue weighted by Crippen LogP contribution is 2.23. The molecule has 140 valence electrons. The molecule has 9 nitrogen and oxygen atoms in total. The maximum absolute atomic E-state index is 12.4. The van der Waals surface area contributed by atoms with E-state index in [9.17, 15) is 9.59 Å². The summed E-state index contributed by atoms with van der Waals surface area (Å²) in [6.45, 7) is 8.49. The van der Waals surface area contributed by atoms with Gasteiger partial charge >= 0.3 is 12.0 Å². The van der Waals surface area contributed by atoms with E-state index >= 15 is 0 Å². The molecule has 1 aromatic heterocycles. The molecule has 2 amide bonds. The van der Waals surface area contributed by atoms with Gasteiger partial charge in [0, 0.05) is 13.1 Å². The largest absolute Gasteiger partial charge is 0.481 e. The third-order valence-electron chi connectivity index (χ3n) is 4.26. The normalized spacial score (nSPS) is 22.0. The van der Waals surface area contributed by atoms with Crippen LogP contribution in [0.3, 0.4) is 0 Å². The number of nitrogens with zero attached hydrogens (tertiary/aromatic N) is 3. The summed E-state index contributed by atoms with van der Waals surface area (Å²) in [6.07, 6.45) is 0.514. The number of piperidine rings is 1. The summed E-state index contributed by atoms with van der Waals surface area (Å²) in [4.78, 5) is 29.4. The number of carbonyl (C=O) groups excluding carboxylic acids is 1. The highest BCUT2D eigenvalue weighted by Gasteiger charge is 2.33. The Balaban J connectivity index is 1.87. The molecule has 1 aliphatic heterocycles. The van der Waals surface area contributed by atoms with Crippen LogP contribution in [0.25, 0.3) is 0 Å². The number of urea groups is 1. The fourth-order valence-electron chi connectivity index (χ4n) is 2.78. The van der Waals surface area contributed by atoms with Crippen LogP contribution in [0.4, 0.5) is 4.79 Å². The van der Waals surface area contributed by atoms with Crippen molar-refractivity contribution in [3.63, 3.8) is 0 Å². The number of amides is 2. The Morgan fingerprint density at radius 2 is 2.16 bits per heavy atom. The number of aromatic nitrogens is 2. The summed E-state index contributed by atoms with van der Waals surface area (Å²) in [5.41, 5.74) is 0. The topological polar surface area (TPSA) is 118 Å². The maximum Gasteiger partial charge on any atom is 0.317 e. The molecule has 3 unspecified atom stereocenters. The third-order valence-corrected chi connectivity index (χ3v) is 4.26. The summed E-state index contributed by atoms with van der Waals surface area (Å²) >= 11 is 0. The minimum Gasteiger partial charge on any atom is -0.481 e. The second kappa shape index (κ2) is 8.28. The van der Waals surface area contributed by atoms with Gasteiger partial charge in [-0.2, -0.15) is 4.98 Å². The molecule has 0 radical (unpaired) electrons. The van der Waals surface area contributed by atoms with Crippen LogP contribution in [0.15, 0.2) is 4.52 Å². The molecule has 2 rings (SSSR count). The van der Waals surface area contributed by atoms with Crippen LogP contribution in [0.1, 0.15) is 51.9 Å². The van der Waals surface area contributed by atoms with E-state index in [1.54, 1.807) is 11.8 Å². The van der Waals surface area contributed by atoms with Crippen LogP contribution in [0.2, 0.25) is 0 Å². The number of carbonyl (C=O) groups is 2. The van der Waals surface area contributed by atoms with Gasteiger partial charge in [-0.15, -0.1) is 0 Å². The van der Waals surface area contributed by atoms with Crippen LogP contribution in [0, 0.1) is 11.8 Å². The summed E-state index contributed by atoms with van der Waals surface area (Å²) < 4.78 is 10.5. The molecule has 1 aromatic rings. The Kier molecular flexibility index (Phi) is 6.35. The van der Waals surface area contributed by atoms with E-state index in [0.717, 1.165) is 0 Å². The van der Waals surface area contributed by atoms with Crippen molar-refractivity contribution in [2.24, 2.45) is 11.8 Å². The number of likely N-dealkylation sites (tertiary alicyclic amines) is 1. The third kappa shape index (κ3) is 5.15. The van der Waals surface area contributed by atoms with Gasteiger partial charge in [0.2, 0.25) is 0 Å². The second-order valence-electron chi connectivity index (χ2n) is 6.73. The summed E-state index contributed by atoms with van der Waals surface area (Å²) in [6, 6.07) is -0.676. The van der Waals surface area contributed by atoms with Crippen LogP contribution >= 0.6 is 0 Å². The first-order valence-corrected chi connectivity index (χ1v) is 8.50. The van der Waals surface area contributed by atoms with E-state index < -0.39 is 17.9 Å². The highest BCUT2D eigenvalue weighted by molar-refractivity contribution is 5.75. The Hall–Kier alpha value is -2.16. The minimum absolute atomic E-state index is 0.0585. The number of hydrogen-bond acceptors (Lipinski definition) is 6. The average molecular weight is 354 g/mol. The lowest BCUT2D eigenvalue weighted by Crippen LogP contribution is -2.49. The maximum atomic E-state index is 12.4. The van der Waals surface area contributed by atoms with Gasteiger partial charge < -0.3 is 24.6 Å². The average Bonchev–Trinajstić information content (AvgIpc) is 3.01. The van der Waals surface area contributed by atoms with Crippen LogP contribution in [-0.2, 0) is 16.1 Å². The number of carboxylic acids is 1. The quantitative estimate of drug-likeness (QED) is 0.800.